The van der Waals surface area contributed by atoms with Crippen LogP contribution in [0, 0.1) is 10.8 Å². The van der Waals surface area contributed by atoms with Crippen LogP contribution in [0.3, 0.4) is 0 Å². The maximum absolute atomic E-state index is 12.6. The van der Waals surface area contributed by atoms with E-state index in [2.05, 4.69) is 68.1 Å². The topological polar surface area (TPSA) is 129 Å². The first-order valence-corrected chi connectivity index (χ1v) is 16.4. The molecule has 2 amide bonds. The summed E-state index contributed by atoms with van der Waals surface area (Å²) in [7, 11) is 2.72. The Labute approximate surface area is 303 Å². The molecule has 2 N–H and O–H groups in total. The Morgan fingerprint density at radius 2 is 1.00 bits per heavy atom. The summed E-state index contributed by atoms with van der Waals surface area (Å²) in [6.45, 7) is 10.6. The number of halogens is 4. The van der Waals surface area contributed by atoms with Crippen molar-refractivity contribution in [2.45, 2.75) is 80.1 Å². The first-order valence-electron chi connectivity index (χ1n) is 16.4. The Kier molecular flexibility index (Phi) is 20.1. The largest absolute Gasteiger partial charge is 0.469 e. The van der Waals surface area contributed by atoms with Gasteiger partial charge < -0.3 is 24.3 Å². The summed E-state index contributed by atoms with van der Waals surface area (Å²) in [6.07, 6.45) is -0.371. The summed E-state index contributed by atoms with van der Waals surface area (Å²) in [5, 5.41) is 6.96. The predicted octanol–water partition coefficient (Wildman–Crippen LogP) is 9.66. The highest BCUT2D eigenvalue weighted by Gasteiger charge is 2.28. The van der Waals surface area contributed by atoms with Crippen molar-refractivity contribution in [1.82, 2.24) is 5.32 Å². The molecule has 0 aliphatic carbocycles. The van der Waals surface area contributed by atoms with Crippen molar-refractivity contribution in [1.29, 1.82) is 0 Å². The molecule has 0 atom stereocenters. The average molecular weight is 741 g/mol. The van der Waals surface area contributed by atoms with Crippen molar-refractivity contribution in [3.05, 3.63) is 72.8 Å². The summed E-state index contributed by atoms with van der Waals surface area (Å²) in [5.74, 6) is -6.20. The van der Waals surface area contributed by atoms with Crippen LogP contribution in [0.25, 0.3) is 10.8 Å². The van der Waals surface area contributed by atoms with Crippen LogP contribution in [0.2, 0.25) is 0 Å². The van der Waals surface area contributed by atoms with Crippen LogP contribution in [0.1, 0.15) is 68.2 Å². The molecule has 52 heavy (non-hydrogen) atoms. The predicted molar refractivity (Wildman–Crippen MR) is 193 cm³/mol. The number of carbonyl (C=O) groups excluding carboxylic acids is 4. The number of alkyl carbamates (subject to hydrolysis) is 1. The van der Waals surface area contributed by atoms with E-state index in [4.69, 9.17) is 4.74 Å². The SMILES string of the molecule is CCC(C)(C)C(=O)OC.CCC(C)(C)C(=O)Oc1ccc(NC(=O)OCC(C)(F)F)cc1.CNC(=O)OCC(C)(F)F.c1ccc2ccccc2c1. The second-order valence-corrected chi connectivity index (χ2v) is 12.9. The Bertz CT molecular complexity index is 1470. The number of esters is 2. The Morgan fingerprint density at radius 1 is 0.615 bits per heavy atom. The molecule has 0 spiro atoms. The van der Waals surface area contributed by atoms with Gasteiger partial charge in [0.25, 0.3) is 11.8 Å². The van der Waals surface area contributed by atoms with E-state index in [1.54, 1.807) is 13.8 Å². The van der Waals surface area contributed by atoms with Crippen LogP contribution < -0.4 is 15.4 Å². The van der Waals surface area contributed by atoms with E-state index in [1.165, 1.54) is 49.2 Å². The van der Waals surface area contributed by atoms with Crippen LogP contribution in [0.15, 0.2) is 72.8 Å². The molecule has 0 unspecified atom stereocenters. The molecule has 10 nitrogen and oxygen atoms in total. The number of amides is 2. The molecule has 0 saturated heterocycles. The van der Waals surface area contributed by atoms with Gasteiger partial charge >= 0.3 is 24.1 Å². The van der Waals surface area contributed by atoms with E-state index >= 15 is 0 Å². The number of benzene rings is 3. The van der Waals surface area contributed by atoms with Crippen LogP contribution in [0.5, 0.6) is 5.75 Å². The summed E-state index contributed by atoms with van der Waals surface area (Å²) in [4.78, 5) is 44.3. The van der Waals surface area contributed by atoms with Gasteiger partial charge in [0.2, 0.25) is 0 Å². The van der Waals surface area contributed by atoms with E-state index < -0.39 is 42.7 Å². The molecule has 0 saturated carbocycles. The second kappa shape index (κ2) is 22.1. The number of rotatable bonds is 10. The molecule has 0 heterocycles. The maximum atomic E-state index is 12.6. The van der Waals surface area contributed by atoms with Crippen molar-refractivity contribution in [2.24, 2.45) is 10.8 Å². The van der Waals surface area contributed by atoms with Gasteiger partial charge in [0.1, 0.15) is 5.75 Å². The molecule has 0 bridgehead atoms. The fraction of sp³-hybridized carbons (Fsp3) is 0.474. The van der Waals surface area contributed by atoms with Crippen LogP contribution in [-0.2, 0) is 23.8 Å². The molecule has 0 aromatic heterocycles. The second-order valence-electron chi connectivity index (χ2n) is 12.9. The Hall–Kier alpha value is -4.88. The minimum atomic E-state index is -3.08. The highest BCUT2D eigenvalue weighted by Crippen LogP contribution is 2.25. The van der Waals surface area contributed by atoms with Gasteiger partial charge in [-0.05, 0) is 75.6 Å². The zero-order valence-corrected chi connectivity index (χ0v) is 31.5. The zero-order valence-electron chi connectivity index (χ0n) is 31.5. The van der Waals surface area contributed by atoms with Crippen molar-refractivity contribution in [2.75, 3.05) is 32.7 Å². The molecule has 0 aliphatic rings. The molecule has 0 radical (unpaired) electrons. The number of hydrogen-bond acceptors (Lipinski definition) is 8. The Morgan fingerprint density at radius 3 is 1.33 bits per heavy atom. The number of carbonyl (C=O) groups is 4. The highest BCUT2D eigenvalue weighted by atomic mass is 19.3. The van der Waals surface area contributed by atoms with Crippen molar-refractivity contribution in [3.8, 4) is 5.75 Å². The van der Waals surface area contributed by atoms with Gasteiger partial charge in [0.15, 0.2) is 13.2 Å². The third-order valence-corrected chi connectivity index (χ3v) is 7.15. The molecule has 3 aromatic carbocycles. The quantitative estimate of drug-likeness (QED) is 0.0910. The van der Waals surface area contributed by atoms with Crippen molar-refractivity contribution in [3.63, 3.8) is 0 Å². The number of alkyl halides is 4. The summed E-state index contributed by atoms with van der Waals surface area (Å²) < 4.78 is 67.2. The molecule has 290 valence electrons. The van der Waals surface area contributed by atoms with Crippen molar-refractivity contribution < 1.29 is 55.7 Å². The van der Waals surface area contributed by atoms with Crippen molar-refractivity contribution >= 4 is 40.6 Å². The normalized spacial score (nSPS) is 11.1. The van der Waals surface area contributed by atoms with Gasteiger partial charge in [-0.3, -0.25) is 14.9 Å². The molecular weight excluding hydrogens is 688 g/mol. The average Bonchev–Trinajstić information content (AvgIpc) is 3.10. The first kappa shape index (κ1) is 47.1. The van der Waals surface area contributed by atoms with Gasteiger partial charge in [0, 0.05) is 26.6 Å². The van der Waals surface area contributed by atoms with Gasteiger partial charge in [-0.2, -0.15) is 0 Å². The minimum absolute atomic E-state index is 0.134. The smallest absolute Gasteiger partial charge is 0.411 e. The van der Waals surface area contributed by atoms with E-state index in [0.717, 1.165) is 6.42 Å². The molecule has 0 fully saturated rings. The summed E-state index contributed by atoms with van der Waals surface area (Å²) in [6, 6.07) is 22.7. The summed E-state index contributed by atoms with van der Waals surface area (Å²) >= 11 is 0. The fourth-order valence-electron chi connectivity index (χ4n) is 3.16. The first-order chi connectivity index (χ1) is 24.0. The standard InChI is InChI=1S/C16H21F2NO4.C10H8.C7H14O2.C5H9F2NO2/c1-5-15(2,3)13(20)23-12-8-6-11(7-9-12)19-14(21)22-10-16(4,17)18;1-2-6-10-8-4-3-7-9(10)5-1;1-5-7(2,3)6(8)9-4;1-5(6,7)3-10-4(9)8-2/h6-9H,5,10H2,1-4H3,(H,19,21);1-8H;5H2,1-4H3;3H2,1-2H3,(H,8,9). The maximum Gasteiger partial charge on any atom is 0.411 e. The zero-order chi connectivity index (χ0) is 40.2. The molecule has 3 rings (SSSR count). The van der Waals surface area contributed by atoms with Crippen LogP contribution in [0.4, 0.5) is 32.8 Å². The minimum Gasteiger partial charge on any atom is -0.469 e. The third-order valence-electron chi connectivity index (χ3n) is 7.15. The van der Waals surface area contributed by atoms with Crippen LogP contribution in [-0.4, -0.2) is 63.3 Å². The highest BCUT2D eigenvalue weighted by molar-refractivity contribution is 5.85. The van der Waals surface area contributed by atoms with Crippen LogP contribution >= 0.6 is 0 Å². The van der Waals surface area contributed by atoms with Gasteiger partial charge in [0.05, 0.1) is 17.9 Å². The lowest BCUT2D eigenvalue weighted by Crippen LogP contribution is -2.28. The number of hydrogen-bond donors (Lipinski definition) is 2. The van der Waals surface area contributed by atoms with Gasteiger partial charge in [-0.25, -0.2) is 27.2 Å². The third kappa shape index (κ3) is 20.7. The molecule has 3 aromatic rings. The lowest BCUT2D eigenvalue weighted by atomic mass is 9.91. The van der Waals surface area contributed by atoms with Gasteiger partial charge in [-0.15, -0.1) is 0 Å². The van der Waals surface area contributed by atoms with E-state index in [9.17, 15) is 36.7 Å². The van der Waals surface area contributed by atoms with E-state index in [-0.39, 0.29) is 17.4 Å². The molecule has 0 aliphatic heterocycles. The van der Waals surface area contributed by atoms with E-state index in [1.807, 2.05) is 33.0 Å². The number of nitrogens with one attached hydrogen (secondary N) is 2. The number of ether oxygens (including phenoxy) is 4. The molecule has 14 heteroatoms. The fourth-order valence-corrected chi connectivity index (χ4v) is 3.16. The summed E-state index contributed by atoms with van der Waals surface area (Å²) in [5.41, 5.74) is -0.565. The number of methoxy groups -OCH3 is 1. The number of fused-ring (bicyclic) bond motifs is 1. The van der Waals surface area contributed by atoms with E-state index in [0.29, 0.717) is 31.7 Å². The Balaban J connectivity index is 0.000000742. The van der Waals surface area contributed by atoms with Gasteiger partial charge in [-0.1, -0.05) is 62.4 Å². The lowest BCUT2D eigenvalue weighted by molar-refractivity contribution is -0.150. The lowest BCUT2D eigenvalue weighted by Gasteiger charge is -2.20. The molecular formula is C38H52F4N2O8. The number of anilines is 1. The monoisotopic (exact) mass is 740 g/mol.